The Bertz CT molecular complexity index is 276. The Kier molecular flexibility index (Phi) is 2.98. The third kappa shape index (κ3) is 2.04. The predicted molar refractivity (Wildman–Crippen MR) is 48.2 cm³/mol. The fourth-order valence-corrected chi connectivity index (χ4v) is 1.57. The second kappa shape index (κ2) is 3.83. The minimum Gasteiger partial charge on any atom is -0.392 e. The molecule has 1 N–H and O–H groups in total. The highest BCUT2D eigenvalue weighted by Gasteiger charge is 2.24. The first-order valence-corrected chi connectivity index (χ1v) is 4.43. The number of carbonyl (C=O) groups is 2. The molecule has 0 aromatic carbocycles. The van der Waals surface area contributed by atoms with E-state index in [1.165, 1.54) is 0 Å². The summed E-state index contributed by atoms with van der Waals surface area (Å²) in [5.74, 6) is -0.000231. The van der Waals surface area contributed by atoms with Gasteiger partial charge in [0.1, 0.15) is 0 Å². The molecule has 1 rings (SSSR count). The highest BCUT2D eigenvalue weighted by molar-refractivity contribution is 6.08. The fourth-order valence-electron chi connectivity index (χ4n) is 1.57. The first-order chi connectivity index (χ1) is 6.06. The van der Waals surface area contributed by atoms with Crippen LogP contribution < -0.4 is 0 Å². The van der Waals surface area contributed by atoms with E-state index in [1.54, 1.807) is 6.92 Å². The van der Waals surface area contributed by atoms with Crippen molar-refractivity contribution in [1.82, 2.24) is 0 Å². The summed E-state index contributed by atoms with van der Waals surface area (Å²) < 4.78 is 0. The molecule has 1 atom stereocenters. The number of ketones is 2. The molecule has 1 unspecified atom stereocenters. The molecule has 72 valence electrons. The maximum atomic E-state index is 11.4. The topological polar surface area (TPSA) is 54.4 Å². The molecule has 13 heavy (non-hydrogen) atoms. The van der Waals surface area contributed by atoms with Crippen molar-refractivity contribution in [3.8, 4) is 0 Å². The molecular formula is C10H14O3. The molecule has 0 aromatic rings. The Morgan fingerprint density at radius 3 is 2.38 bits per heavy atom. The van der Waals surface area contributed by atoms with E-state index >= 15 is 0 Å². The van der Waals surface area contributed by atoms with Crippen LogP contribution >= 0.6 is 0 Å². The van der Waals surface area contributed by atoms with Crippen molar-refractivity contribution in [3.63, 3.8) is 0 Å². The lowest BCUT2D eigenvalue weighted by atomic mass is 10.0. The van der Waals surface area contributed by atoms with Gasteiger partial charge in [-0.3, -0.25) is 9.59 Å². The molecule has 0 heterocycles. The van der Waals surface area contributed by atoms with Crippen molar-refractivity contribution in [2.24, 2.45) is 5.92 Å². The Labute approximate surface area is 77.4 Å². The Balaban J connectivity index is 3.04. The number of aliphatic hydroxyl groups excluding tert-OH is 1. The molecule has 1 aliphatic rings. The van der Waals surface area contributed by atoms with Gasteiger partial charge in [0, 0.05) is 24.0 Å². The summed E-state index contributed by atoms with van der Waals surface area (Å²) in [5.41, 5.74) is 0.742. The average molecular weight is 182 g/mol. The first-order valence-electron chi connectivity index (χ1n) is 4.43. The molecule has 0 aliphatic heterocycles. The van der Waals surface area contributed by atoms with E-state index in [-0.39, 0.29) is 24.1 Å². The Hall–Kier alpha value is -0.960. The van der Waals surface area contributed by atoms with Gasteiger partial charge in [0.15, 0.2) is 11.6 Å². The lowest BCUT2D eigenvalue weighted by Crippen LogP contribution is -2.09. The summed E-state index contributed by atoms with van der Waals surface area (Å²) in [4.78, 5) is 22.9. The van der Waals surface area contributed by atoms with Crippen molar-refractivity contribution in [2.45, 2.75) is 26.7 Å². The van der Waals surface area contributed by atoms with Crippen LogP contribution in [0.2, 0.25) is 0 Å². The van der Waals surface area contributed by atoms with E-state index in [9.17, 15) is 9.59 Å². The lowest BCUT2D eigenvalue weighted by Gasteiger charge is -2.03. The molecule has 0 spiro atoms. The van der Waals surface area contributed by atoms with Gasteiger partial charge in [-0.25, -0.2) is 0 Å². The second-order valence-corrected chi connectivity index (χ2v) is 3.62. The monoisotopic (exact) mass is 182 g/mol. The van der Waals surface area contributed by atoms with Crippen LogP contribution in [-0.4, -0.2) is 23.3 Å². The highest BCUT2D eigenvalue weighted by Crippen LogP contribution is 2.22. The van der Waals surface area contributed by atoms with Crippen LogP contribution in [0.4, 0.5) is 0 Å². The predicted octanol–water partition coefficient (Wildman–Crippen LogP) is 0.863. The molecule has 3 heteroatoms. The number of hydrogen-bond acceptors (Lipinski definition) is 3. The molecule has 0 radical (unpaired) electrons. The summed E-state index contributed by atoms with van der Waals surface area (Å²) in [6, 6.07) is 0. The van der Waals surface area contributed by atoms with E-state index in [0.717, 1.165) is 0 Å². The molecule has 0 saturated heterocycles. The number of carbonyl (C=O) groups excluding carboxylic acids is 2. The zero-order valence-electron chi connectivity index (χ0n) is 7.96. The maximum absolute atomic E-state index is 11.4. The van der Waals surface area contributed by atoms with Gasteiger partial charge in [0.2, 0.25) is 0 Å². The number of rotatable bonds is 1. The number of allylic oxidation sites excluding steroid dienone is 1. The van der Waals surface area contributed by atoms with Crippen LogP contribution in [0.3, 0.4) is 0 Å². The minimum absolute atomic E-state index is 0.0117. The minimum atomic E-state index is -0.316. The normalized spacial score (nSPS) is 25.0. The van der Waals surface area contributed by atoms with Crippen LogP contribution in [0, 0.1) is 5.92 Å². The van der Waals surface area contributed by atoms with Crippen LogP contribution in [0.25, 0.3) is 0 Å². The summed E-state index contributed by atoms with van der Waals surface area (Å²) >= 11 is 0. The van der Waals surface area contributed by atoms with E-state index in [4.69, 9.17) is 5.11 Å². The third-order valence-electron chi connectivity index (χ3n) is 2.43. The molecule has 0 bridgehead atoms. The molecule has 0 fully saturated rings. The largest absolute Gasteiger partial charge is 0.392 e. The smallest absolute Gasteiger partial charge is 0.161 e. The van der Waals surface area contributed by atoms with Crippen molar-refractivity contribution < 1.29 is 14.7 Å². The molecule has 3 nitrogen and oxygen atoms in total. The maximum Gasteiger partial charge on any atom is 0.161 e. The molecule has 0 saturated carbocycles. The molecule has 0 amide bonds. The van der Waals surface area contributed by atoms with Crippen LogP contribution in [0.5, 0.6) is 0 Å². The first kappa shape index (κ1) is 10.1. The van der Waals surface area contributed by atoms with Gasteiger partial charge in [0.05, 0.1) is 6.61 Å². The van der Waals surface area contributed by atoms with E-state index < -0.39 is 0 Å². The van der Waals surface area contributed by atoms with E-state index in [0.29, 0.717) is 24.0 Å². The summed E-state index contributed by atoms with van der Waals surface area (Å²) in [5, 5.41) is 8.93. The van der Waals surface area contributed by atoms with Crippen molar-refractivity contribution in [3.05, 3.63) is 11.1 Å². The number of aliphatic hydroxyl groups is 1. The van der Waals surface area contributed by atoms with Crippen molar-refractivity contribution >= 4 is 11.6 Å². The van der Waals surface area contributed by atoms with Gasteiger partial charge in [-0.2, -0.15) is 0 Å². The van der Waals surface area contributed by atoms with Gasteiger partial charge >= 0.3 is 0 Å². The lowest BCUT2D eigenvalue weighted by molar-refractivity contribution is -0.116. The van der Waals surface area contributed by atoms with Gasteiger partial charge in [-0.1, -0.05) is 6.92 Å². The van der Waals surface area contributed by atoms with E-state index in [2.05, 4.69) is 0 Å². The number of hydrogen-bond donors (Lipinski definition) is 1. The van der Waals surface area contributed by atoms with Gasteiger partial charge in [0.25, 0.3) is 0 Å². The standard InChI is InChI=1S/C10H14O3/c1-6-3-9(12)7(2)8(5-11)10(13)4-6/h6,11H,3-5H2,1-2H3. The van der Waals surface area contributed by atoms with Gasteiger partial charge in [-0.15, -0.1) is 0 Å². The summed E-state index contributed by atoms with van der Waals surface area (Å²) in [6.07, 6.45) is 0.792. The van der Waals surface area contributed by atoms with Crippen LogP contribution in [-0.2, 0) is 9.59 Å². The molecule has 0 aromatic heterocycles. The average Bonchev–Trinajstić information content (AvgIpc) is 2.11. The second-order valence-electron chi connectivity index (χ2n) is 3.62. The summed E-state index contributed by atoms with van der Waals surface area (Å²) in [6.45, 7) is 3.18. The highest BCUT2D eigenvalue weighted by atomic mass is 16.3. The zero-order valence-corrected chi connectivity index (χ0v) is 7.96. The Morgan fingerprint density at radius 1 is 1.31 bits per heavy atom. The van der Waals surface area contributed by atoms with E-state index in [1.807, 2.05) is 6.92 Å². The fraction of sp³-hybridized carbons (Fsp3) is 0.600. The SMILES string of the molecule is CC1=C(CO)C(=O)CC(C)CC1=O. The summed E-state index contributed by atoms with van der Waals surface area (Å²) in [7, 11) is 0. The van der Waals surface area contributed by atoms with Crippen LogP contribution in [0.15, 0.2) is 11.1 Å². The quantitative estimate of drug-likeness (QED) is 0.654. The molecular weight excluding hydrogens is 168 g/mol. The van der Waals surface area contributed by atoms with Crippen LogP contribution in [0.1, 0.15) is 26.7 Å². The van der Waals surface area contributed by atoms with Crippen molar-refractivity contribution in [2.75, 3.05) is 6.61 Å². The van der Waals surface area contributed by atoms with Gasteiger partial charge < -0.3 is 5.11 Å². The van der Waals surface area contributed by atoms with Gasteiger partial charge in [-0.05, 0) is 12.8 Å². The number of Topliss-reactive ketones (excluding diaryl/α,β-unsaturated/α-hetero) is 2. The zero-order chi connectivity index (χ0) is 10.0. The van der Waals surface area contributed by atoms with Crippen molar-refractivity contribution in [1.29, 1.82) is 0 Å². The Morgan fingerprint density at radius 2 is 1.85 bits per heavy atom. The third-order valence-corrected chi connectivity index (χ3v) is 2.43. The molecule has 1 aliphatic carbocycles.